The van der Waals surface area contributed by atoms with Crippen molar-refractivity contribution in [3.8, 4) is 11.3 Å². The standard InChI is InChI=1S/C20H11ClN2O/c21-20-22-16-11-18-14(13-8-4-5-9-17(13)24-18)10-15(16)19(23-20)12-6-2-1-3-7-12/h1-11H. The number of nitrogens with zero attached hydrogens (tertiary/aromatic N) is 2. The van der Waals surface area contributed by atoms with E-state index in [2.05, 4.69) is 22.1 Å². The lowest BCUT2D eigenvalue weighted by Gasteiger charge is -2.06. The molecule has 0 bridgehead atoms. The molecule has 2 heterocycles. The number of hydrogen-bond acceptors (Lipinski definition) is 3. The van der Waals surface area contributed by atoms with Crippen molar-refractivity contribution in [2.24, 2.45) is 0 Å². The van der Waals surface area contributed by atoms with E-state index in [0.29, 0.717) is 0 Å². The molecule has 0 amide bonds. The largest absolute Gasteiger partial charge is 0.456 e. The van der Waals surface area contributed by atoms with E-state index in [0.717, 1.165) is 44.1 Å². The van der Waals surface area contributed by atoms with Crippen molar-refractivity contribution in [1.29, 1.82) is 0 Å². The van der Waals surface area contributed by atoms with E-state index in [1.165, 1.54) is 0 Å². The number of para-hydroxylation sites is 1. The SMILES string of the molecule is Clc1nc(-c2ccccc2)c2cc3c(cc2n1)oc1ccccc13. The van der Waals surface area contributed by atoms with Crippen LogP contribution in [0.5, 0.6) is 0 Å². The van der Waals surface area contributed by atoms with Crippen molar-refractivity contribution in [2.45, 2.75) is 0 Å². The van der Waals surface area contributed by atoms with Crippen LogP contribution in [0.3, 0.4) is 0 Å². The quantitative estimate of drug-likeness (QED) is 0.362. The van der Waals surface area contributed by atoms with E-state index in [9.17, 15) is 0 Å². The van der Waals surface area contributed by atoms with Crippen LogP contribution < -0.4 is 0 Å². The van der Waals surface area contributed by atoms with Crippen LogP contribution in [-0.4, -0.2) is 9.97 Å². The van der Waals surface area contributed by atoms with Gasteiger partial charge in [0.25, 0.3) is 0 Å². The first kappa shape index (κ1) is 13.5. The van der Waals surface area contributed by atoms with Gasteiger partial charge in [-0.15, -0.1) is 0 Å². The van der Waals surface area contributed by atoms with Crippen LogP contribution in [0.1, 0.15) is 0 Å². The molecule has 4 heteroatoms. The maximum atomic E-state index is 6.15. The molecule has 5 aromatic rings. The molecule has 24 heavy (non-hydrogen) atoms. The monoisotopic (exact) mass is 330 g/mol. The van der Waals surface area contributed by atoms with Crippen LogP contribution in [0.25, 0.3) is 44.1 Å². The third-order valence-corrected chi connectivity index (χ3v) is 4.38. The molecule has 0 aliphatic heterocycles. The first-order valence-electron chi connectivity index (χ1n) is 7.63. The molecule has 0 unspecified atom stereocenters. The Morgan fingerprint density at radius 1 is 0.708 bits per heavy atom. The van der Waals surface area contributed by atoms with E-state index in [4.69, 9.17) is 16.0 Å². The predicted molar refractivity (Wildman–Crippen MR) is 97.3 cm³/mol. The van der Waals surface area contributed by atoms with Crippen molar-refractivity contribution in [3.05, 3.63) is 72.0 Å². The highest BCUT2D eigenvalue weighted by Crippen LogP contribution is 2.35. The molecule has 0 aliphatic rings. The summed E-state index contributed by atoms with van der Waals surface area (Å²) in [6, 6.07) is 22.0. The Bertz CT molecular complexity index is 1210. The second-order valence-corrected chi connectivity index (χ2v) is 6.01. The third kappa shape index (κ3) is 1.99. The maximum Gasteiger partial charge on any atom is 0.223 e. The number of hydrogen-bond donors (Lipinski definition) is 0. The van der Waals surface area contributed by atoms with E-state index in [1.54, 1.807) is 0 Å². The van der Waals surface area contributed by atoms with Gasteiger partial charge in [-0.25, -0.2) is 9.97 Å². The topological polar surface area (TPSA) is 38.9 Å². The van der Waals surface area contributed by atoms with Crippen LogP contribution in [0.4, 0.5) is 0 Å². The first-order valence-corrected chi connectivity index (χ1v) is 8.01. The molecule has 0 saturated heterocycles. The summed E-state index contributed by atoms with van der Waals surface area (Å²) in [5.74, 6) is 0. The Morgan fingerprint density at radius 3 is 2.38 bits per heavy atom. The summed E-state index contributed by atoms with van der Waals surface area (Å²) in [5, 5.41) is 3.34. The van der Waals surface area contributed by atoms with Crippen molar-refractivity contribution in [1.82, 2.24) is 9.97 Å². The number of aromatic nitrogens is 2. The zero-order valence-corrected chi connectivity index (χ0v) is 13.3. The summed E-state index contributed by atoms with van der Waals surface area (Å²) in [6.45, 7) is 0. The van der Waals surface area contributed by atoms with Gasteiger partial charge in [0.15, 0.2) is 0 Å². The lowest BCUT2D eigenvalue weighted by atomic mass is 10.0. The van der Waals surface area contributed by atoms with Gasteiger partial charge in [0, 0.05) is 27.8 Å². The highest BCUT2D eigenvalue weighted by atomic mass is 35.5. The van der Waals surface area contributed by atoms with Crippen LogP contribution in [0.15, 0.2) is 71.1 Å². The molecule has 0 fully saturated rings. The van der Waals surface area contributed by atoms with E-state index < -0.39 is 0 Å². The van der Waals surface area contributed by atoms with Crippen LogP contribution in [0.2, 0.25) is 5.28 Å². The van der Waals surface area contributed by atoms with Gasteiger partial charge in [0.2, 0.25) is 5.28 Å². The smallest absolute Gasteiger partial charge is 0.223 e. The Hall–Kier alpha value is -2.91. The minimum atomic E-state index is 0.233. The van der Waals surface area contributed by atoms with E-state index in [-0.39, 0.29) is 5.28 Å². The normalized spacial score (nSPS) is 11.5. The van der Waals surface area contributed by atoms with Gasteiger partial charge in [-0.05, 0) is 23.7 Å². The minimum absolute atomic E-state index is 0.233. The van der Waals surface area contributed by atoms with Gasteiger partial charge in [0.1, 0.15) is 11.2 Å². The molecular weight excluding hydrogens is 320 g/mol. The zero-order valence-electron chi connectivity index (χ0n) is 12.5. The zero-order chi connectivity index (χ0) is 16.1. The number of rotatable bonds is 1. The molecule has 114 valence electrons. The van der Waals surface area contributed by atoms with Crippen LogP contribution >= 0.6 is 11.6 Å². The molecule has 0 saturated carbocycles. The fourth-order valence-electron chi connectivity index (χ4n) is 3.14. The molecule has 3 nitrogen and oxygen atoms in total. The number of furan rings is 1. The Balaban J connectivity index is 1.94. The molecule has 0 spiro atoms. The average Bonchev–Trinajstić information content (AvgIpc) is 2.97. The molecule has 0 atom stereocenters. The van der Waals surface area contributed by atoms with Crippen molar-refractivity contribution >= 4 is 44.4 Å². The van der Waals surface area contributed by atoms with Crippen LogP contribution in [-0.2, 0) is 0 Å². The van der Waals surface area contributed by atoms with Crippen molar-refractivity contribution in [2.75, 3.05) is 0 Å². The lowest BCUT2D eigenvalue weighted by Crippen LogP contribution is -1.91. The van der Waals surface area contributed by atoms with Gasteiger partial charge in [-0.3, -0.25) is 0 Å². The summed E-state index contributed by atoms with van der Waals surface area (Å²) in [7, 11) is 0. The molecule has 0 radical (unpaired) electrons. The summed E-state index contributed by atoms with van der Waals surface area (Å²) < 4.78 is 5.94. The van der Waals surface area contributed by atoms with Crippen molar-refractivity contribution < 1.29 is 4.42 Å². The highest BCUT2D eigenvalue weighted by molar-refractivity contribution is 6.29. The van der Waals surface area contributed by atoms with Gasteiger partial charge >= 0.3 is 0 Å². The number of benzene rings is 3. The molecule has 5 rings (SSSR count). The molecule has 0 aliphatic carbocycles. The summed E-state index contributed by atoms with van der Waals surface area (Å²) >= 11 is 6.15. The summed E-state index contributed by atoms with van der Waals surface area (Å²) in [4.78, 5) is 8.84. The predicted octanol–water partition coefficient (Wildman–Crippen LogP) is 5.85. The maximum absolute atomic E-state index is 6.15. The Morgan fingerprint density at radius 2 is 1.50 bits per heavy atom. The molecular formula is C20H11ClN2O. The third-order valence-electron chi connectivity index (χ3n) is 4.21. The fraction of sp³-hybridized carbons (Fsp3) is 0. The second kappa shape index (κ2) is 5.05. The molecule has 2 aromatic heterocycles. The minimum Gasteiger partial charge on any atom is -0.456 e. The first-order chi connectivity index (χ1) is 11.8. The van der Waals surface area contributed by atoms with Crippen molar-refractivity contribution in [3.63, 3.8) is 0 Å². The summed E-state index contributed by atoms with van der Waals surface area (Å²) in [5.41, 5.74) is 4.29. The Labute approximate surface area is 142 Å². The van der Waals surface area contributed by atoms with Gasteiger partial charge in [-0.2, -0.15) is 0 Å². The van der Waals surface area contributed by atoms with E-state index in [1.807, 2.05) is 54.6 Å². The van der Waals surface area contributed by atoms with Gasteiger partial charge < -0.3 is 4.42 Å². The van der Waals surface area contributed by atoms with E-state index >= 15 is 0 Å². The number of halogens is 1. The number of fused-ring (bicyclic) bond motifs is 4. The van der Waals surface area contributed by atoms with Gasteiger partial charge in [0.05, 0.1) is 11.2 Å². The Kier molecular flexibility index (Phi) is 2.84. The highest BCUT2D eigenvalue weighted by Gasteiger charge is 2.13. The van der Waals surface area contributed by atoms with Gasteiger partial charge in [-0.1, -0.05) is 48.5 Å². The fourth-order valence-corrected chi connectivity index (χ4v) is 3.31. The van der Waals surface area contributed by atoms with Crippen LogP contribution in [0, 0.1) is 0 Å². The lowest BCUT2D eigenvalue weighted by molar-refractivity contribution is 0.669. The molecule has 3 aromatic carbocycles. The molecule has 0 N–H and O–H groups in total. The second-order valence-electron chi connectivity index (χ2n) is 5.67. The summed E-state index contributed by atoms with van der Waals surface area (Å²) in [6.07, 6.45) is 0. The average molecular weight is 331 g/mol.